The van der Waals surface area contributed by atoms with Gasteiger partial charge >= 0.3 is 6.18 Å². The quantitative estimate of drug-likeness (QED) is 0.406. The third-order valence-corrected chi connectivity index (χ3v) is 8.85. The predicted octanol–water partition coefficient (Wildman–Crippen LogP) is 5.47. The number of aryl methyl sites for hydroxylation is 1. The number of anilines is 1. The third-order valence-electron chi connectivity index (χ3n) is 8.85. The van der Waals surface area contributed by atoms with E-state index in [1.807, 2.05) is 29.8 Å². The SMILES string of the molecule is CO[C@H]1C[C@](c2cccc(N3Cc4c(cc(CN5CCCCCC5)cc4C(F)(F)F)C3=O)c2)(c2nncn2C)C1. The molecule has 3 heterocycles. The smallest absolute Gasteiger partial charge is 0.381 e. The highest BCUT2D eigenvalue weighted by molar-refractivity contribution is 6.10. The van der Waals surface area contributed by atoms with Gasteiger partial charge in [0, 0.05) is 32.0 Å². The number of likely N-dealkylation sites (tertiary alicyclic amines) is 1. The van der Waals surface area contributed by atoms with E-state index in [2.05, 4.69) is 15.1 Å². The molecule has 0 N–H and O–H groups in total. The number of aromatic nitrogens is 3. The van der Waals surface area contributed by atoms with Gasteiger partial charge in [-0.3, -0.25) is 9.69 Å². The van der Waals surface area contributed by atoms with Crippen molar-refractivity contribution in [3.63, 3.8) is 0 Å². The van der Waals surface area contributed by atoms with Gasteiger partial charge in [-0.25, -0.2) is 0 Å². The lowest BCUT2D eigenvalue weighted by atomic mass is 9.62. The molecule has 10 heteroatoms. The van der Waals surface area contributed by atoms with Crippen LogP contribution >= 0.6 is 0 Å². The lowest BCUT2D eigenvalue weighted by Gasteiger charge is -2.46. The fourth-order valence-electron chi connectivity index (χ4n) is 6.69. The van der Waals surface area contributed by atoms with Crippen LogP contribution in [0.2, 0.25) is 0 Å². The van der Waals surface area contributed by atoms with Crippen molar-refractivity contribution in [2.24, 2.45) is 7.05 Å². The Balaban J connectivity index is 1.34. The monoisotopic (exact) mass is 553 g/mol. The average Bonchev–Trinajstić information content (AvgIpc) is 3.36. The van der Waals surface area contributed by atoms with E-state index in [1.165, 1.54) is 11.0 Å². The van der Waals surface area contributed by atoms with Gasteiger partial charge in [0.2, 0.25) is 0 Å². The summed E-state index contributed by atoms with van der Waals surface area (Å²) in [4.78, 5) is 17.4. The molecule has 0 radical (unpaired) electrons. The topological polar surface area (TPSA) is 63.5 Å². The zero-order chi connectivity index (χ0) is 28.1. The first kappa shape index (κ1) is 27.0. The van der Waals surface area contributed by atoms with Crippen molar-refractivity contribution < 1.29 is 22.7 Å². The molecule has 1 saturated carbocycles. The van der Waals surface area contributed by atoms with Gasteiger partial charge in [-0.1, -0.05) is 25.0 Å². The maximum Gasteiger partial charge on any atom is 0.416 e. The second kappa shape index (κ2) is 10.3. The van der Waals surface area contributed by atoms with Crippen LogP contribution in [0.5, 0.6) is 0 Å². The Bertz CT molecular complexity index is 1400. The summed E-state index contributed by atoms with van der Waals surface area (Å²) in [5.41, 5.74) is 1.09. The number of nitrogens with zero attached hydrogens (tertiary/aromatic N) is 5. The summed E-state index contributed by atoms with van der Waals surface area (Å²) in [6.07, 6.45) is 2.95. The molecule has 0 atom stereocenters. The van der Waals surface area contributed by atoms with Crippen molar-refractivity contribution >= 4 is 11.6 Å². The molecule has 7 nitrogen and oxygen atoms in total. The molecule has 0 bridgehead atoms. The standard InChI is InChI=1S/C30H34F3N5O2/c1-36-19-34-35-28(36)29(15-23(16-29)40-2)21-8-7-9-22(14-21)38-18-25-24(27(38)39)12-20(13-26(25)30(31,32)33)17-37-10-5-3-4-6-11-37/h7-9,12-14,19,23H,3-6,10-11,15-18H2,1-2H3/t23-,29-. The summed E-state index contributed by atoms with van der Waals surface area (Å²) < 4.78 is 50.3. The van der Waals surface area contributed by atoms with Crippen molar-refractivity contribution in [2.45, 2.75) is 69.3 Å². The largest absolute Gasteiger partial charge is 0.416 e. The van der Waals surface area contributed by atoms with Crippen LogP contribution in [-0.4, -0.2) is 51.9 Å². The summed E-state index contributed by atoms with van der Waals surface area (Å²) in [7, 11) is 3.57. The van der Waals surface area contributed by atoms with Crippen molar-refractivity contribution in [1.82, 2.24) is 19.7 Å². The van der Waals surface area contributed by atoms with Crippen molar-refractivity contribution in [3.8, 4) is 0 Å². The number of benzene rings is 2. The van der Waals surface area contributed by atoms with Gasteiger partial charge in [-0.15, -0.1) is 10.2 Å². The van der Waals surface area contributed by atoms with E-state index < -0.39 is 23.1 Å². The number of fused-ring (bicyclic) bond motifs is 1. The van der Waals surface area contributed by atoms with E-state index in [4.69, 9.17) is 4.74 Å². The van der Waals surface area contributed by atoms with Crippen molar-refractivity contribution in [2.75, 3.05) is 25.1 Å². The molecule has 3 aliphatic rings. The molecule has 1 aromatic heterocycles. The number of hydrogen-bond donors (Lipinski definition) is 0. The average molecular weight is 554 g/mol. The van der Waals surface area contributed by atoms with Crippen LogP contribution in [0.25, 0.3) is 0 Å². The maximum atomic E-state index is 14.3. The highest BCUT2D eigenvalue weighted by Gasteiger charge is 2.50. The summed E-state index contributed by atoms with van der Waals surface area (Å²) in [6.45, 7) is 2.03. The number of hydrogen-bond acceptors (Lipinski definition) is 5. The van der Waals surface area contributed by atoms with Gasteiger partial charge in [0.05, 0.1) is 23.6 Å². The van der Waals surface area contributed by atoms with Gasteiger partial charge in [-0.2, -0.15) is 13.2 Å². The minimum atomic E-state index is -4.55. The molecule has 2 fully saturated rings. The second-order valence-corrected chi connectivity index (χ2v) is 11.4. The Hall–Kier alpha value is -3.24. The molecule has 212 valence electrons. The lowest BCUT2D eigenvalue weighted by molar-refractivity contribution is -0.138. The number of amides is 1. The van der Waals surface area contributed by atoms with Crippen LogP contribution in [0.3, 0.4) is 0 Å². The first-order valence-electron chi connectivity index (χ1n) is 13.9. The number of alkyl halides is 3. The van der Waals surface area contributed by atoms with Crippen LogP contribution in [0, 0.1) is 0 Å². The number of halogens is 3. The molecule has 1 amide bonds. The van der Waals surface area contributed by atoms with Gasteiger partial charge in [0.1, 0.15) is 12.2 Å². The van der Waals surface area contributed by atoms with Crippen LogP contribution in [0.1, 0.15) is 77.0 Å². The van der Waals surface area contributed by atoms with Gasteiger partial charge in [-0.05, 0) is 79.7 Å². The second-order valence-electron chi connectivity index (χ2n) is 11.4. The zero-order valence-electron chi connectivity index (χ0n) is 22.9. The summed E-state index contributed by atoms with van der Waals surface area (Å²) >= 11 is 0. The van der Waals surface area contributed by atoms with Gasteiger partial charge in [0.25, 0.3) is 5.91 Å². The van der Waals surface area contributed by atoms with E-state index in [0.29, 0.717) is 30.6 Å². The molecule has 2 aromatic carbocycles. The number of carbonyl (C=O) groups is 1. The van der Waals surface area contributed by atoms with Crippen LogP contribution in [0.15, 0.2) is 42.7 Å². The van der Waals surface area contributed by atoms with E-state index in [-0.39, 0.29) is 23.8 Å². The molecule has 3 aromatic rings. The minimum Gasteiger partial charge on any atom is -0.381 e. The molecule has 1 aliphatic carbocycles. The number of methoxy groups -OCH3 is 1. The molecule has 40 heavy (non-hydrogen) atoms. The van der Waals surface area contributed by atoms with Gasteiger partial charge < -0.3 is 14.2 Å². The van der Waals surface area contributed by atoms with Crippen LogP contribution in [0.4, 0.5) is 18.9 Å². The Kier molecular flexibility index (Phi) is 6.94. The van der Waals surface area contributed by atoms with Crippen molar-refractivity contribution in [3.05, 3.63) is 76.4 Å². The molecule has 6 rings (SSSR count). The maximum absolute atomic E-state index is 14.3. The van der Waals surface area contributed by atoms with E-state index >= 15 is 0 Å². The Morgan fingerprint density at radius 2 is 1.82 bits per heavy atom. The number of rotatable bonds is 6. The molecule has 0 spiro atoms. The minimum absolute atomic E-state index is 0.0497. The van der Waals surface area contributed by atoms with Gasteiger partial charge in [0.15, 0.2) is 0 Å². The Morgan fingerprint density at radius 3 is 2.48 bits per heavy atom. The predicted molar refractivity (Wildman–Crippen MR) is 144 cm³/mol. The lowest BCUT2D eigenvalue weighted by Crippen LogP contribution is -2.48. The fraction of sp³-hybridized carbons (Fsp3) is 0.500. The molecule has 2 aliphatic heterocycles. The third kappa shape index (κ3) is 4.71. The molecule has 0 unspecified atom stereocenters. The van der Waals surface area contributed by atoms with E-state index in [1.54, 1.807) is 25.6 Å². The molecular weight excluding hydrogens is 519 g/mol. The van der Waals surface area contributed by atoms with Crippen LogP contribution < -0.4 is 4.90 Å². The van der Waals surface area contributed by atoms with E-state index in [9.17, 15) is 18.0 Å². The normalized spacial score (nSPS) is 23.7. The Labute approximate surface area is 231 Å². The number of ether oxygens (including phenoxy) is 1. The zero-order valence-corrected chi connectivity index (χ0v) is 22.9. The number of carbonyl (C=O) groups excluding carboxylic acids is 1. The highest BCUT2D eigenvalue weighted by atomic mass is 19.4. The summed E-state index contributed by atoms with van der Waals surface area (Å²) in [5, 5.41) is 8.45. The van der Waals surface area contributed by atoms with E-state index in [0.717, 1.165) is 50.2 Å². The fourth-order valence-corrected chi connectivity index (χ4v) is 6.69. The molecular formula is C30H34F3N5O2. The summed E-state index contributed by atoms with van der Waals surface area (Å²) in [5.74, 6) is 0.401. The van der Waals surface area contributed by atoms with Crippen molar-refractivity contribution in [1.29, 1.82) is 0 Å². The summed E-state index contributed by atoms with van der Waals surface area (Å²) in [6, 6.07) is 10.5. The first-order chi connectivity index (χ1) is 19.2. The Morgan fingerprint density at radius 1 is 1.07 bits per heavy atom. The highest BCUT2D eigenvalue weighted by Crippen LogP contribution is 2.50. The first-order valence-corrected chi connectivity index (χ1v) is 13.9. The molecule has 1 saturated heterocycles. The van der Waals surface area contributed by atoms with Crippen LogP contribution in [-0.2, 0) is 36.5 Å².